The van der Waals surface area contributed by atoms with Crippen LogP contribution in [0.5, 0.6) is 0 Å². The van der Waals surface area contributed by atoms with Crippen LogP contribution in [0.3, 0.4) is 0 Å². The van der Waals surface area contributed by atoms with Crippen molar-refractivity contribution < 1.29 is 9.18 Å². The Morgan fingerprint density at radius 3 is 2.70 bits per heavy atom. The molecule has 0 saturated heterocycles. The van der Waals surface area contributed by atoms with E-state index in [1.807, 2.05) is 30.3 Å². The predicted molar refractivity (Wildman–Crippen MR) is 88.9 cm³/mol. The summed E-state index contributed by atoms with van der Waals surface area (Å²) < 4.78 is 15.4. The number of carbonyl (C=O) groups excluding carboxylic acids is 1. The molecule has 1 amide bonds. The number of amides is 1. The van der Waals surface area contributed by atoms with Gasteiger partial charge in [-0.3, -0.25) is 4.79 Å². The molecule has 20 heavy (non-hydrogen) atoms. The smallest absolute Gasteiger partial charge is 0.265 e. The number of benzene rings is 2. The molecule has 0 aliphatic rings. The fourth-order valence-electron chi connectivity index (χ4n) is 1.88. The Kier molecular flexibility index (Phi) is 3.71. The van der Waals surface area contributed by atoms with Gasteiger partial charge >= 0.3 is 0 Å². The maximum absolute atomic E-state index is 13.6. The minimum Gasteiger partial charge on any atom is -0.320 e. The molecule has 100 valence electrons. The van der Waals surface area contributed by atoms with Crippen molar-refractivity contribution in [3.8, 4) is 0 Å². The molecule has 0 fully saturated rings. The third kappa shape index (κ3) is 2.55. The first-order chi connectivity index (χ1) is 9.65. The van der Waals surface area contributed by atoms with Crippen molar-refractivity contribution in [2.24, 2.45) is 0 Å². The van der Waals surface area contributed by atoms with Crippen LogP contribution in [0.25, 0.3) is 10.1 Å². The van der Waals surface area contributed by atoms with E-state index < -0.39 is 0 Å². The first kappa shape index (κ1) is 13.5. The van der Waals surface area contributed by atoms with E-state index in [4.69, 9.17) is 0 Å². The van der Waals surface area contributed by atoms with E-state index in [0.717, 1.165) is 14.0 Å². The van der Waals surface area contributed by atoms with Crippen molar-refractivity contribution in [2.45, 2.75) is 0 Å². The summed E-state index contributed by atoms with van der Waals surface area (Å²) in [5.41, 5.74) is 0.760. The van der Waals surface area contributed by atoms with E-state index in [1.54, 1.807) is 12.1 Å². The first-order valence-electron chi connectivity index (χ1n) is 5.89. The van der Waals surface area contributed by atoms with Gasteiger partial charge in [0.05, 0.1) is 10.6 Å². The average molecular weight is 397 g/mol. The highest BCUT2D eigenvalue weighted by Gasteiger charge is 2.13. The third-order valence-electron chi connectivity index (χ3n) is 2.85. The second-order valence-corrected chi connectivity index (χ2v) is 6.44. The number of hydrogen-bond donors (Lipinski definition) is 1. The molecule has 0 aliphatic heterocycles. The summed E-state index contributed by atoms with van der Waals surface area (Å²) in [5, 5.41) is 3.34. The molecule has 0 radical (unpaired) electrons. The standard InChI is InChI=1S/C15H9FINOS/c16-10-4-3-7-13-9(10)8-14(20-13)15(19)18-12-6-2-1-5-11(12)17/h1-8H,(H,18,19). The van der Waals surface area contributed by atoms with Crippen LogP contribution in [-0.2, 0) is 0 Å². The monoisotopic (exact) mass is 397 g/mol. The van der Waals surface area contributed by atoms with Crippen LogP contribution < -0.4 is 5.32 Å². The van der Waals surface area contributed by atoms with Gasteiger partial charge in [0.15, 0.2) is 0 Å². The zero-order valence-electron chi connectivity index (χ0n) is 10.2. The molecule has 0 aliphatic carbocycles. The number of para-hydroxylation sites is 1. The van der Waals surface area contributed by atoms with Crippen molar-refractivity contribution in [3.63, 3.8) is 0 Å². The summed E-state index contributed by atoms with van der Waals surface area (Å²) in [6.07, 6.45) is 0. The van der Waals surface area contributed by atoms with E-state index in [9.17, 15) is 9.18 Å². The number of halogens is 2. The zero-order chi connectivity index (χ0) is 14.1. The summed E-state index contributed by atoms with van der Waals surface area (Å²) >= 11 is 3.45. The topological polar surface area (TPSA) is 29.1 Å². The number of thiophene rings is 1. The Hall–Kier alpha value is -1.47. The van der Waals surface area contributed by atoms with Gasteiger partial charge in [0, 0.05) is 13.7 Å². The Morgan fingerprint density at radius 2 is 1.95 bits per heavy atom. The average Bonchev–Trinajstić information content (AvgIpc) is 2.87. The third-order valence-corrected chi connectivity index (χ3v) is 4.89. The van der Waals surface area contributed by atoms with Crippen LogP contribution in [0.1, 0.15) is 9.67 Å². The summed E-state index contributed by atoms with van der Waals surface area (Å²) in [6, 6.07) is 14.0. The van der Waals surface area contributed by atoms with Gasteiger partial charge in [-0.15, -0.1) is 11.3 Å². The van der Waals surface area contributed by atoms with Gasteiger partial charge in [-0.1, -0.05) is 18.2 Å². The number of fused-ring (bicyclic) bond motifs is 1. The molecule has 1 heterocycles. The molecule has 2 nitrogen and oxygen atoms in total. The highest BCUT2D eigenvalue weighted by molar-refractivity contribution is 14.1. The number of rotatable bonds is 2. The first-order valence-corrected chi connectivity index (χ1v) is 7.78. The lowest BCUT2D eigenvalue weighted by Gasteiger charge is -2.05. The van der Waals surface area contributed by atoms with E-state index >= 15 is 0 Å². The Morgan fingerprint density at radius 1 is 1.15 bits per heavy atom. The number of hydrogen-bond acceptors (Lipinski definition) is 2. The van der Waals surface area contributed by atoms with Crippen LogP contribution in [0.4, 0.5) is 10.1 Å². The van der Waals surface area contributed by atoms with Crippen LogP contribution in [0.2, 0.25) is 0 Å². The molecule has 0 unspecified atom stereocenters. The molecule has 0 atom stereocenters. The van der Waals surface area contributed by atoms with Crippen LogP contribution in [0, 0.1) is 9.39 Å². The molecule has 3 aromatic rings. The summed E-state index contributed by atoms with van der Waals surface area (Å²) in [7, 11) is 0. The Labute approximate surface area is 132 Å². The lowest BCUT2D eigenvalue weighted by Crippen LogP contribution is -2.10. The fraction of sp³-hybridized carbons (Fsp3) is 0. The second-order valence-electron chi connectivity index (χ2n) is 4.20. The summed E-state index contributed by atoms with van der Waals surface area (Å²) in [6.45, 7) is 0. The van der Waals surface area contributed by atoms with Crippen LogP contribution in [-0.4, -0.2) is 5.91 Å². The predicted octanol–water partition coefficient (Wildman–Crippen LogP) is 4.90. The number of carbonyl (C=O) groups is 1. The molecule has 5 heteroatoms. The van der Waals surface area contributed by atoms with Gasteiger partial charge < -0.3 is 5.32 Å². The Balaban J connectivity index is 1.93. The lowest BCUT2D eigenvalue weighted by molar-refractivity contribution is 0.103. The fourth-order valence-corrected chi connectivity index (χ4v) is 3.38. The van der Waals surface area contributed by atoms with Gasteiger partial charge in [-0.2, -0.15) is 0 Å². The molecule has 1 N–H and O–H groups in total. The van der Waals surface area contributed by atoms with Gasteiger partial charge in [-0.05, 0) is 52.9 Å². The van der Waals surface area contributed by atoms with Crippen LogP contribution in [0.15, 0.2) is 48.5 Å². The zero-order valence-corrected chi connectivity index (χ0v) is 13.2. The van der Waals surface area contributed by atoms with Crippen molar-refractivity contribution >= 4 is 55.6 Å². The molecule has 0 spiro atoms. The molecule has 0 saturated carbocycles. The highest BCUT2D eigenvalue weighted by Crippen LogP contribution is 2.28. The van der Waals surface area contributed by atoms with Crippen molar-refractivity contribution in [3.05, 3.63) is 62.8 Å². The maximum Gasteiger partial charge on any atom is 0.265 e. The highest BCUT2D eigenvalue weighted by atomic mass is 127. The second kappa shape index (κ2) is 5.49. The normalized spacial score (nSPS) is 10.7. The molecule has 1 aromatic heterocycles. The van der Waals surface area contributed by atoms with E-state index in [1.165, 1.54) is 17.4 Å². The molecule has 2 aromatic carbocycles. The van der Waals surface area contributed by atoms with Crippen molar-refractivity contribution in [1.29, 1.82) is 0 Å². The minimum absolute atomic E-state index is 0.213. The van der Waals surface area contributed by atoms with Gasteiger partial charge in [0.25, 0.3) is 5.91 Å². The molecular weight excluding hydrogens is 388 g/mol. The quantitative estimate of drug-likeness (QED) is 0.613. The van der Waals surface area contributed by atoms with Gasteiger partial charge in [0.1, 0.15) is 5.82 Å². The number of anilines is 1. The largest absolute Gasteiger partial charge is 0.320 e. The Bertz CT molecular complexity index is 799. The van der Waals surface area contributed by atoms with E-state index in [-0.39, 0.29) is 11.7 Å². The molecule has 3 rings (SSSR count). The SMILES string of the molecule is O=C(Nc1ccccc1I)c1cc2c(F)cccc2s1. The van der Waals surface area contributed by atoms with Crippen molar-refractivity contribution in [1.82, 2.24) is 0 Å². The van der Waals surface area contributed by atoms with Gasteiger partial charge in [0.2, 0.25) is 0 Å². The minimum atomic E-state index is -0.299. The molecular formula is C15H9FINOS. The maximum atomic E-state index is 13.6. The summed E-state index contributed by atoms with van der Waals surface area (Å²) in [5.74, 6) is -0.512. The van der Waals surface area contributed by atoms with Crippen molar-refractivity contribution in [2.75, 3.05) is 5.32 Å². The summed E-state index contributed by atoms with van der Waals surface area (Å²) in [4.78, 5) is 12.7. The van der Waals surface area contributed by atoms with Crippen LogP contribution >= 0.6 is 33.9 Å². The number of nitrogens with one attached hydrogen (secondary N) is 1. The lowest BCUT2D eigenvalue weighted by atomic mass is 10.2. The molecule has 0 bridgehead atoms. The van der Waals surface area contributed by atoms with Gasteiger partial charge in [-0.25, -0.2) is 4.39 Å². The van der Waals surface area contributed by atoms with E-state index in [2.05, 4.69) is 27.9 Å². The van der Waals surface area contributed by atoms with E-state index in [0.29, 0.717) is 10.3 Å².